The largest absolute Gasteiger partial charge is 0.362 e. The third-order valence-corrected chi connectivity index (χ3v) is 1.28. The normalized spacial score (nSPS) is 33.0. The van der Waals surface area contributed by atoms with E-state index in [4.69, 9.17) is 16.3 Å². The van der Waals surface area contributed by atoms with Crippen molar-refractivity contribution in [2.75, 3.05) is 6.61 Å². The molecule has 0 saturated carbocycles. The molecule has 41 valence electrons. The maximum absolute atomic E-state index is 5.54. The maximum atomic E-state index is 5.54. The van der Waals surface area contributed by atoms with Crippen LogP contribution in [0.4, 0.5) is 0 Å². The van der Waals surface area contributed by atoms with Crippen molar-refractivity contribution in [3.8, 4) is 0 Å². The number of hydrogen-bond donors (Lipinski definition) is 0. The molecule has 1 atom stereocenters. The minimum Gasteiger partial charge on any atom is -0.362 e. The molecule has 1 radical (unpaired) electrons. The average Bonchev–Trinajstić information content (AvgIpc) is 1.69. The first-order chi connectivity index (χ1) is 3.39. The van der Waals surface area contributed by atoms with Crippen molar-refractivity contribution in [1.82, 2.24) is 0 Å². The number of hydrogen-bond acceptors (Lipinski definition) is 1. The number of halogens is 1. The monoisotopic (exact) mass is 119 g/mol. The molecule has 1 unspecified atom stereocenters. The quantitative estimate of drug-likeness (QED) is 0.440. The molecule has 0 N–H and O–H groups in total. The minimum absolute atomic E-state index is 0.117. The first-order valence-electron chi connectivity index (χ1n) is 2.48. The van der Waals surface area contributed by atoms with Crippen molar-refractivity contribution in [2.45, 2.75) is 18.4 Å². The number of rotatable bonds is 0. The van der Waals surface area contributed by atoms with E-state index in [0.29, 0.717) is 0 Å². The zero-order chi connectivity index (χ0) is 5.11. The van der Waals surface area contributed by atoms with Gasteiger partial charge in [-0.15, -0.1) is 0 Å². The molecule has 0 amide bonds. The van der Waals surface area contributed by atoms with Crippen molar-refractivity contribution in [2.24, 2.45) is 0 Å². The molecular formula is C5H8ClO. The third-order valence-electron chi connectivity index (χ3n) is 0.978. The molecule has 1 aliphatic heterocycles. The zero-order valence-corrected chi connectivity index (χ0v) is 4.82. The zero-order valence-electron chi connectivity index (χ0n) is 4.06. The summed E-state index contributed by atoms with van der Waals surface area (Å²) in [7, 11) is 0. The second-order valence-electron chi connectivity index (χ2n) is 1.60. The van der Waals surface area contributed by atoms with Crippen LogP contribution in [-0.2, 0) is 4.74 Å². The van der Waals surface area contributed by atoms with Crippen LogP contribution in [0.25, 0.3) is 0 Å². The lowest BCUT2D eigenvalue weighted by Gasteiger charge is -2.14. The molecule has 0 aromatic heterocycles. The van der Waals surface area contributed by atoms with Crippen LogP contribution in [0.5, 0.6) is 0 Å². The molecule has 1 saturated heterocycles. The predicted molar refractivity (Wildman–Crippen MR) is 29.1 cm³/mol. The van der Waals surface area contributed by atoms with Crippen LogP contribution < -0.4 is 0 Å². The molecule has 0 aromatic rings. The third kappa shape index (κ3) is 1.66. The van der Waals surface area contributed by atoms with Gasteiger partial charge in [0.15, 0.2) is 0 Å². The van der Waals surface area contributed by atoms with Crippen LogP contribution in [0.15, 0.2) is 0 Å². The highest BCUT2D eigenvalue weighted by molar-refractivity contribution is 6.20. The summed E-state index contributed by atoms with van der Waals surface area (Å²) in [6.45, 7) is 0.824. The second-order valence-corrected chi connectivity index (χ2v) is 2.03. The summed E-state index contributed by atoms with van der Waals surface area (Å²) in [5.74, 6) is 0. The van der Waals surface area contributed by atoms with Crippen molar-refractivity contribution in [3.63, 3.8) is 0 Å². The molecule has 2 heteroatoms. The summed E-state index contributed by atoms with van der Waals surface area (Å²) in [6, 6.07) is 0. The smallest absolute Gasteiger partial charge is 0.134 e. The van der Waals surface area contributed by atoms with Crippen molar-refractivity contribution >= 4 is 11.6 Å². The van der Waals surface area contributed by atoms with Gasteiger partial charge in [0, 0.05) is 13.0 Å². The summed E-state index contributed by atoms with van der Waals surface area (Å²) in [5, 5.41) is 0. The van der Waals surface area contributed by atoms with E-state index in [-0.39, 0.29) is 5.56 Å². The Morgan fingerprint density at radius 3 is 2.86 bits per heavy atom. The van der Waals surface area contributed by atoms with Crippen LogP contribution in [0.3, 0.4) is 0 Å². The van der Waals surface area contributed by atoms with E-state index in [9.17, 15) is 0 Å². The molecule has 0 spiro atoms. The van der Waals surface area contributed by atoms with E-state index in [1.54, 1.807) is 0 Å². The van der Waals surface area contributed by atoms with E-state index < -0.39 is 0 Å². The highest BCUT2D eigenvalue weighted by Crippen LogP contribution is 2.13. The van der Waals surface area contributed by atoms with E-state index in [0.717, 1.165) is 19.4 Å². The lowest BCUT2D eigenvalue weighted by atomic mass is 10.2. The molecule has 0 bridgehead atoms. The van der Waals surface area contributed by atoms with E-state index in [1.807, 2.05) is 6.42 Å². The van der Waals surface area contributed by atoms with E-state index in [2.05, 4.69) is 0 Å². The lowest BCUT2D eigenvalue weighted by Crippen LogP contribution is -2.12. The summed E-state index contributed by atoms with van der Waals surface area (Å²) in [5.41, 5.74) is -0.117. The molecular weight excluding hydrogens is 112 g/mol. The summed E-state index contributed by atoms with van der Waals surface area (Å²) in [4.78, 5) is 0. The van der Waals surface area contributed by atoms with Crippen LogP contribution in [-0.4, -0.2) is 12.2 Å². The van der Waals surface area contributed by atoms with Gasteiger partial charge >= 0.3 is 0 Å². The number of ether oxygens (including phenoxy) is 1. The van der Waals surface area contributed by atoms with Crippen molar-refractivity contribution < 1.29 is 4.74 Å². The lowest BCUT2D eigenvalue weighted by molar-refractivity contribution is 0.0995. The van der Waals surface area contributed by atoms with Crippen LogP contribution >= 0.6 is 11.6 Å². The van der Waals surface area contributed by atoms with Gasteiger partial charge < -0.3 is 4.74 Å². The van der Waals surface area contributed by atoms with Gasteiger partial charge in [0.25, 0.3) is 0 Å². The number of alkyl halides is 1. The van der Waals surface area contributed by atoms with Gasteiger partial charge in [-0.05, 0) is 12.8 Å². The van der Waals surface area contributed by atoms with Crippen LogP contribution in [0.1, 0.15) is 12.8 Å². The minimum atomic E-state index is -0.117. The van der Waals surface area contributed by atoms with Gasteiger partial charge in [-0.3, -0.25) is 0 Å². The molecule has 7 heavy (non-hydrogen) atoms. The Bertz CT molecular complexity index is 50.0. The highest BCUT2D eigenvalue weighted by atomic mass is 35.5. The first-order valence-corrected chi connectivity index (χ1v) is 2.92. The van der Waals surface area contributed by atoms with Crippen molar-refractivity contribution in [1.29, 1.82) is 0 Å². The standard InChI is InChI=1S/C5H8ClO/c6-5-3-1-2-4-7-5/h3,5H,1-2,4H2. The Morgan fingerprint density at radius 1 is 1.71 bits per heavy atom. The Hall–Kier alpha value is 0.250. The molecule has 1 rings (SSSR count). The molecule has 0 aliphatic carbocycles. The van der Waals surface area contributed by atoms with Crippen LogP contribution in [0, 0.1) is 6.42 Å². The summed E-state index contributed by atoms with van der Waals surface area (Å²) >= 11 is 5.54. The van der Waals surface area contributed by atoms with Gasteiger partial charge in [-0.1, -0.05) is 11.6 Å². The fourth-order valence-corrected chi connectivity index (χ4v) is 0.811. The van der Waals surface area contributed by atoms with Crippen LogP contribution in [0.2, 0.25) is 0 Å². The molecule has 1 nitrogen and oxygen atoms in total. The second kappa shape index (κ2) is 2.53. The highest BCUT2D eigenvalue weighted by Gasteiger charge is 2.08. The SMILES string of the molecule is ClC1[CH]CCCO1. The average molecular weight is 120 g/mol. The Kier molecular flexibility index (Phi) is 1.95. The molecule has 0 aromatic carbocycles. The molecule has 1 fully saturated rings. The molecule has 1 aliphatic rings. The fourth-order valence-electron chi connectivity index (χ4n) is 0.596. The predicted octanol–water partition coefficient (Wildman–Crippen LogP) is 1.57. The Balaban J connectivity index is 2.12. The Morgan fingerprint density at radius 2 is 2.57 bits per heavy atom. The molecule has 1 heterocycles. The summed E-state index contributed by atoms with van der Waals surface area (Å²) in [6.07, 6.45) is 4.21. The first kappa shape index (κ1) is 5.39. The van der Waals surface area contributed by atoms with Gasteiger partial charge in [0.1, 0.15) is 5.56 Å². The van der Waals surface area contributed by atoms with Gasteiger partial charge in [0.05, 0.1) is 0 Å². The van der Waals surface area contributed by atoms with E-state index in [1.165, 1.54) is 0 Å². The topological polar surface area (TPSA) is 9.23 Å². The van der Waals surface area contributed by atoms with E-state index >= 15 is 0 Å². The van der Waals surface area contributed by atoms with Gasteiger partial charge in [-0.2, -0.15) is 0 Å². The van der Waals surface area contributed by atoms with Gasteiger partial charge in [-0.25, -0.2) is 0 Å². The fraction of sp³-hybridized carbons (Fsp3) is 0.800. The van der Waals surface area contributed by atoms with Gasteiger partial charge in [0.2, 0.25) is 0 Å². The van der Waals surface area contributed by atoms with Crippen molar-refractivity contribution in [3.05, 3.63) is 6.42 Å². The Labute approximate surface area is 48.6 Å². The summed E-state index contributed by atoms with van der Waals surface area (Å²) < 4.78 is 4.99. The maximum Gasteiger partial charge on any atom is 0.134 e.